The van der Waals surface area contributed by atoms with Crippen LogP contribution in [-0.2, 0) is 9.59 Å². The lowest BCUT2D eigenvalue weighted by molar-refractivity contribution is -0.145. The normalized spacial score (nSPS) is 18.7. The van der Waals surface area contributed by atoms with Crippen LogP contribution in [0.3, 0.4) is 0 Å². The largest absolute Gasteiger partial charge is 0.494 e. The van der Waals surface area contributed by atoms with Crippen molar-refractivity contribution in [3.8, 4) is 16.9 Å². The Morgan fingerprint density at radius 2 is 1.79 bits per heavy atom. The molecule has 0 spiro atoms. The third kappa shape index (κ3) is 4.13. The smallest absolute Gasteiger partial charge is 0.307 e. The van der Waals surface area contributed by atoms with Gasteiger partial charge in [0.2, 0.25) is 5.91 Å². The number of rotatable bonds is 6. The van der Waals surface area contributed by atoms with Gasteiger partial charge in [-0.05, 0) is 55.2 Å². The Balaban J connectivity index is 1.83. The Labute approximate surface area is 161 Å². The molecule has 28 heavy (non-hydrogen) atoms. The highest BCUT2D eigenvalue weighted by molar-refractivity contribution is 5.95. The number of carbonyl (C=O) groups excluding carboxylic acids is 1. The Kier molecular flexibility index (Phi) is 5.92. The summed E-state index contributed by atoms with van der Waals surface area (Å²) in [5.41, 5.74) is 0.313. The summed E-state index contributed by atoms with van der Waals surface area (Å²) in [5, 5.41) is 11.4. The second-order valence-corrected chi connectivity index (χ2v) is 6.75. The van der Waals surface area contributed by atoms with Crippen LogP contribution in [-0.4, -0.2) is 23.6 Å². The molecule has 1 fully saturated rings. The number of carbonyl (C=O) groups is 2. The van der Waals surface area contributed by atoms with E-state index in [0.717, 1.165) is 12.1 Å². The zero-order valence-electron chi connectivity index (χ0n) is 15.4. The van der Waals surface area contributed by atoms with Gasteiger partial charge in [0, 0.05) is 0 Å². The molecule has 0 saturated heterocycles. The number of carboxylic acid groups (broad SMARTS) is 1. The van der Waals surface area contributed by atoms with Crippen LogP contribution in [0.5, 0.6) is 5.75 Å². The first-order valence-electron chi connectivity index (χ1n) is 9.16. The summed E-state index contributed by atoms with van der Waals surface area (Å²) < 4.78 is 34.5. The van der Waals surface area contributed by atoms with Crippen molar-refractivity contribution in [2.75, 3.05) is 11.9 Å². The molecule has 1 aliphatic rings. The first-order chi connectivity index (χ1) is 13.4. The number of hydrogen-bond donors (Lipinski definition) is 2. The Bertz CT molecular complexity index is 877. The highest BCUT2D eigenvalue weighted by atomic mass is 19.1. The molecule has 5 nitrogen and oxygen atoms in total. The maximum atomic E-state index is 14.5. The van der Waals surface area contributed by atoms with Crippen LogP contribution in [0.2, 0.25) is 0 Å². The Morgan fingerprint density at radius 1 is 1.11 bits per heavy atom. The van der Waals surface area contributed by atoms with Crippen molar-refractivity contribution in [3.05, 3.63) is 48.0 Å². The molecule has 0 aromatic heterocycles. The summed E-state index contributed by atoms with van der Waals surface area (Å²) in [5.74, 6) is -4.62. The minimum atomic E-state index is -1.07. The molecular weight excluding hydrogens is 368 g/mol. The molecule has 0 heterocycles. The zero-order chi connectivity index (χ0) is 20.3. The summed E-state index contributed by atoms with van der Waals surface area (Å²) in [6.07, 6.45) is 1.36. The van der Waals surface area contributed by atoms with E-state index in [4.69, 9.17) is 4.74 Å². The predicted octanol–water partition coefficient (Wildman–Crippen LogP) is 4.47. The van der Waals surface area contributed by atoms with E-state index >= 15 is 0 Å². The molecular formula is C21H21F2NO4. The molecule has 1 aliphatic carbocycles. The average molecular weight is 389 g/mol. The fraction of sp³-hybridized carbons (Fsp3) is 0.333. The van der Waals surface area contributed by atoms with E-state index < -0.39 is 41.0 Å². The highest BCUT2D eigenvalue weighted by Crippen LogP contribution is 2.34. The van der Waals surface area contributed by atoms with Gasteiger partial charge in [-0.15, -0.1) is 0 Å². The van der Waals surface area contributed by atoms with E-state index in [1.165, 1.54) is 0 Å². The van der Waals surface area contributed by atoms with Crippen LogP contribution >= 0.6 is 0 Å². The number of anilines is 1. The van der Waals surface area contributed by atoms with Crippen molar-refractivity contribution < 1.29 is 28.2 Å². The fourth-order valence-corrected chi connectivity index (χ4v) is 3.58. The second kappa shape index (κ2) is 8.37. The molecule has 2 unspecified atom stereocenters. The average Bonchev–Trinajstić information content (AvgIpc) is 3.15. The molecule has 148 valence electrons. The van der Waals surface area contributed by atoms with Crippen molar-refractivity contribution in [2.24, 2.45) is 11.8 Å². The summed E-state index contributed by atoms with van der Waals surface area (Å²) in [7, 11) is 0. The number of ether oxygens (including phenoxy) is 1. The van der Waals surface area contributed by atoms with Crippen molar-refractivity contribution in [2.45, 2.75) is 26.2 Å². The number of benzene rings is 2. The Morgan fingerprint density at radius 3 is 2.43 bits per heavy atom. The lowest BCUT2D eigenvalue weighted by Crippen LogP contribution is -2.30. The number of hydrogen-bond acceptors (Lipinski definition) is 3. The molecule has 0 bridgehead atoms. The van der Waals surface area contributed by atoms with Gasteiger partial charge in [-0.25, -0.2) is 8.78 Å². The number of amides is 1. The van der Waals surface area contributed by atoms with Gasteiger partial charge in [0.05, 0.1) is 18.4 Å². The van der Waals surface area contributed by atoms with Crippen LogP contribution in [0.1, 0.15) is 26.2 Å². The third-order valence-corrected chi connectivity index (χ3v) is 4.94. The van der Waals surface area contributed by atoms with Gasteiger partial charge in [0.15, 0.2) is 0 Å². The molecule has 2 aromatic carbocycles. The third-order valence-electron chi connectivity index (χ3n) is 4.94. The van der Waals surface area contributed by atoms with Crippen LogP contribution in [0, 0.1) is 23.5 Å². The summed E-state index contributed by atoms with van der Waals surface area (Å²) in [6, 6.07) is 9.10. The van der Waals surface area contributed by atoms with Crippen LogP contribution in [0.15, 0.2) is 36.4 Å². The van der Waals surface area contributed by atoms with Gasteiger partial charge in [-0.2, -0.15) is 0 Å². The lowest BCUT2D eigenvalue weighted by Gasteiger charge is -2.17. The molecule has 0 radical (unpaired) electrons. The molecule has 2 atom stereocenters. The zero-order valence-corrected chi connectivity index (χ0v) is 15.4. The molecule has 7 heteroatoms. The van der Waals surface area contributed by atoms with E-state index in [-0.39, 0.29) is 0 Å². The number of nitrogens with one attached hydrogen (secondary N) is 1. The summed E-state index contributed by atoms with van der Waals surface area (Å²) in [4.78, 5) is 23.6. The van der Waals surface area contributed by atoms with Gasteiger partial charge in [-0.3, -0.25) is 9.59 Å². The monoisotopic (exact) mass is 389 g/mol. The molecule has 1 saturated carbocycles. The predicted molar refractivity (Wildman–Crippen MR) is 100 cm³/mol. The van der Waals surface area contributed by atoms with E-state index in [1.54, 1.807) is 24.3 Å². The molecule has 2 aromatic rings. The van der Waals surface area contributed by atoms with Gasteiger partial charge in [0.1, 0.15) is 23.1 Å². The fourth-order valence-electron chi connectivity index (χ4n) is 3.58. The number of aliphatic carboxylic acids is 1. The van der Waals surface area contributed by atoms with Gasteiger partial charge >= 0.3 is 5.97 Å². The standard InChI is InChI=1S/C21H21F2NO4/c1-2-28-14-6-3-5-12(9-14)13-10-17(22)19(18(23)11-13)24-20(25)15-7-4-8-16(15)21(26)27/h3,5-6,9-11,15-16H,2,4,7-8H2,1H3,(H,24,25)(H,26,27). The number of halogens is 2. The lowest BCUT2D eigenvalue weighted by atomic mass is 9.95. The van der Waals surface area contributed by atoms with Crippen molar-refractivity contribution in [1.82, 2.24) is 0 Å². The molecule has 3 rings (SSSR count). The summed E-state index contributed by atoms with van der Waals surface area (Å²) >= 11 is 0. The SMILES string of the molecule is CCOc1cccc(-c2cc(F)c(NC(=O)C3CCCC3C(=O)O)c(F)c2)c1. The van der Waals surface area contributed by atoms with E-state index in [1.807, 2.05) is 6.92 Å². The molecule has 1 amide bonds. The number of carboxylic acids is 1. The maximum Gasteiger partial charge on any atom is 0.307 e. The van der Waals surface area contributed by atoms with Crippen molar-refractivity contribution >= 4 is 17.6 Å². The Hall–Kier alpha value is -2.96. The van der Waals surface area contributed by atoms with Gasteiger partial charge < -0.3 is 15.2 Å². The highest BCUT2D eigenvalue weighted by Gasteiger charge is 2.38. The molecule has 2 N–H and O–H groups in total. The second-order valence-electron chi connectivity index (χ2n) is 6.75. The van der Waals surface area contributed by atoms with Crippen LogP contribution < -0.4 is 10.1 Å². The topological polar surface area (TPSA) is 75.6 Å². The van der Waals surface area contributed by atoms with Gasteiger partial charge in [0.25, 0.3) is 0 Å². The maximum absolute atomic E-state index is 14.5. The van der Waals surface area contributed by atoms with Crippen molar-refractivity contribution in [1.29, 1.82) is 0 Å². The summed E-state index contributed by atoms with van der Waals surface area (Å²) in [6.45, 7) is 2.30. The van der Waals surface area contributed by atoms with E-state index in [2.05, 4.69) is 5.32 Å². The van der Waals surface area contributed by atoms with Gasteiger partial charge in [-0.1, -0.05) is 18.6 Å². The first-order valence-corrected chi connectivity index (χ1v) is 9.16. The van der Waals surface area contributed by atoms with E-state index in [0.29, 0.717) is 42.7 Å². The van der Waals surface area contributed by atoms with E-state index in [9.17, 15) is 23.5 Å². The van der Waals surface area contributed by atoms with Crippen molar-refractivity contribution in [3.63, 3.8) is 0 Å². The van der Waals surface area contributed by atoms with Crippen LogP contribution in [0.25, 0.3) is 11.1 Å². The first kappa shape index (κ1) is 19.8. The van der Waals surface area contributed by atoms with Crippen LogP contribution in [0.4, 0.5) is 14.5 Å². The molecule has 0 aliphatic heterocycles. The quantitative estimate of drug-likeness (QED) is 0.764. The minimum Gasteiger partial charge on any atom is -0.494 e. The minimum absolute atomic E-state index is 0.304.